The molecule has 2 heterocycles. The number of likely N-dealkylation sites (N-methyl/N-ethyl adjacent to an activating group) is 1. The number of alkyl halides is 3. The third-order valence-electron chi connectivity index (χ3n) is 5.12. The zero-order chi connectivity index (χ0) is 21.7. The van der Waals surface area contributed by atoms with Crippen LogP contribution in [-0.4, -0.2) is 65.0 Å². The van der Waals surface area contributed by atoms with E-state index in [1.807, 2.05) is 18.7 Å². The Morgan fingerprint density at radius 3 is 2.67 bits per heavy atom. The van der Waals surface area contributed by atoms with Crippen LogP contribution in [0.4, 0.5) is 13.2 Å². The van der Waals surface area contributed by atoms with Gasteiger partial charge in [-0.25, -0.2) is 0 Å². The lowest BCUT2D eigenvalue weighted by molar-refractivity contribution is -0.137. The molecule has 9 heteroatoms. The lowest BCUT2D eigenvalue weighted by Crippen LogP contribution is -2.45. The van der Waals surface area contributed by atoms with Crippen molar-refractivity contribution in [2.45, 2.75) is 26.1 Å². The number of carbonyl (C=O) groups is 1. The topological polar surface area (TPSA) is 58.6 Å². The molecule has 6 nitrogen and oxygen atoms in total. The summed E-state index contributed by atoms with van der Waals surface area (Å²) in [6.07, 6.45) is -1.98. The van der Waals surface area contributed by atoms with Crippen LogP contribution in [0.1, 0.15) is 31.2 Å². The molecule has 30 heavy (non-hydrogen) atoms. The van der Waals surface area contributed by atoms with Crippen molar-refractivity contribution in [3.05, 3.63) is 47.9 Å². The number of hydrogen-bond donors (Lipinski definition) is 0. The Labute approximate surface area is 173 Å². The predicted octanol–water partition coefficient (Wildman–Crippen LogP) is 3.40. The normalized spacial score (nSPS) is 17.7. The van der Waals surface area contributed by atoms with Crippen LogP contribution in [0.3, 0.4) is 0 Å². The van der Waals surface area contributed by atoms with Crippen molar-refractivity contribution in [3.8, 4) is 11.3 Å². The van der Waals surface area contributed by atoms with E-state index in [0.29, 0.717) is 49.7 Å². The molecule has 1 aromatic carbocycles. The van der Waals surface area contributed by atoms with Gasteiger partial charge in [0.15, 0.2) is 0 Å². The Morgan fingerprint density at radius 2 is 1.97 bits per heavy atom. The number of benzene rings is 1. The lowest BCUT2D eigenvalue weighted by atomic mass is 10.0. The Bertz CT molecular complexity index is 871. The first-order chi connectivity index (χ1) is 14.3. The highest BCUT2D eigenvalue weighted by Crippen LogP contribution is 2.34. The van der Waals surface area contributed by atoms with Gasteiger partial charge in [0.25, 0.3) is 0 Å². The molecule has 162 valence electrons. The van der Waals surface area contributed by atoms with E-state index in [2.05, 4.69) is 9.97 Å². The molecule has 0 spiro atoms. The molecule has 0 bridgehead atoms. The van der Waals surface area contributed by atoms with Gasteiger partial charge in [0.05, 0.1) is 30.1 Å². The largest absolute Gasteiger partial charge is 0.416 e. The standard InChI is InChI=1S/C21H25F3N4O2/c1-3-28(4-2)18(29)14-27-10-11-30-17(13-27)20-19(25-8-9-26-20)15-6-5-7-16(12-15)21(22,23)24/h5-9,12,17H,3-4,10-11,13-14H2,1-2H3/t17-/m0/s1. The summed E-state index contributed by atoms with van der Waals surface area (Å²) in [7, 11) is 0. The molecule has 0 saturated carbocycles. The van der Waals surface area contributed by atoms with Crippen LogP contribution in [0, 0.1) is 0 Å². The summed E-state index contributed by atoms with van der Waals surface area (Å²) >= 11 is 0. The fourth-order valence-electron chi connectivity index (χ4n) is 3.53. The molecule has 1 atom stereocenters. The number of morpholine rings is 1. The van der Waals surface area contributed by atoms with Crippen molar-refractivity contribution in [3.63, 3.8) is 0 Å². The average Bonchev–Trinajstić information content (AvgIpc) is 2.74. The van der Waals surface area contributed by atoms with E-state index in [4.69, 9.17) is 4.74 Å². The van der Waals surface area contributed by atoms with Gasteiger partial charge in [0.1, 0.15) is 6.10 Å². The second-order valence-electron chi connectivity index (χ2n) is 7.03. The van der Waals surface area contributed by atoms with Crippen molar-refractivity contribution in [1.29, 1.82) is 0 Å². The van der Waals surface area contributed by atoms with Gasteiger partial charge in [-0.15, -0.1) is 0 Å². The van der Waals surface area contributed by atoms with Crippen molar-refractivity contribution in [1.82, 2.24) is 19.8 Å². The fraction of sp³-hybridized carbons (Fsp3) is 0.476. The summed E-state index contributed by atoms with van der Waals surface area (Å²) in [5.41, 5.74) is 0.405. The monoisotopic (exact) mass is 422 g/mol. The van der Waals surface area contributed by atoms with Gasteiger partial charge in [-0.1, -0.05) is 12.1 Å². The third-order valence-corrected chi connectivity index (χ3v) is 5.12. The van der Waals surface area contributed by atoms with Crippen LogP contribution < -0.4 is 0 Å². The van der Waals surface area contributed by atoms with Gasteiger partial charge in [-0.2, -0.15) is 13.2 Å². The summed E-state index contributed by atoms with van der Waals surface area (Å²) in [4.78, 5) is 24.8. The maximum atomic E-state index is 13.1. The number of halogens is 3. The van der Waals surface area contributed by atoms with Crippen LogP contribution in [0.15, 0.2) is 36.7 Å². The lowest BCUT2D eigenvalue weighted by Gasteiger charge is -2.33. The number of aromatic nitrogens is 2. The van der Waals surface area contributed by atoms with E-state index >= 15 is 0 Å². The molecular weight excluding hydrogens is 397 g/mol. The molecule has 0 radical (unpaired) electrons. The van der Waals surface area contributed by atoms with E-state index in [-0.39, 0.29) is 12.5 Å². The van der Waals surface area contributed by atoms with Gasteiger partial charge in [0.2, 0.25) is 5.91 Å². The van der Waals surface area contributed by atoms with Gasteiger partial charge in [-0.05, 0) is 26.0 Å². The Hall–Kier alpha value is -2.52. The molecule has 1 aliphatic rings. The predicted molar refractivity (Wildman–Crippen MR) is 106 cm³/mol. The average molecular weight is 422 g/mol. The summed E-state index contributed by atoms with van der Waals surface area (Å²) in [6, 6.07) is 5.02. The number of amides is 1. The molecule has 1 saturated heterocycles. The second kappa shape index (κ2) is 9.53. The number of rotatable bonds is 6. The molecule has 1 amide bonds. The smallest absolute Gasteiger partial charge is 0.369 e. The van der Waals surface area contributed by atoms with Crippen LogP contribution in [0.25, 0.3) is 11.3 Å². The second-order valence-corrected chi connectivity index (χ2v) is 7.03. The number of carbonyl (C=O) groups excluding carboxylic acids is 1. The first-order valence-electron chi connectivity index (χ1n) is 9.93. The minimum atomic E-state index is -4.44. The van der Waals surface area contributed by atoms with E-state index in [0.717, 1.165) is 12.1 Å². The first-order valence-corrected chi connectivity index (χ1v) is 9.93. The fourth-order valence-corrected chi connectivity index (χ4v) is 3.53. The first kappa shape index (κ1) is 22.2. The summed E-state index contributed by atoms with van der Waals surface area (Å²) in [6.45, 7) is 6.84. The Morgan fingerprint density at radius 1 is 1.23 bits per heavy atom. The Kier molecular flexibility index (Phi) is 7.04. The van der Waals surface area contributed by atoms with Crippen LogP contribution in [-0.2, 0) is 15.7 Å². The zero-order valence-electron chi connectivity index (χ0n) is 17.0. The maximum absolute atomic E-state index is 13.1. The molecule has 0 aliphatic carbocycles. The number of nitrogens with zero attached hydrogens (tertiary/aromatic N) is 4. The SMILES string of the molecule is CCN(CC)C(=O)CN1CCO[C@H](c2nccnc2-c2cccc(C(F)(F)F)c2)C1. The molecule has 1 fully saturated rings. The van der Waals surface area contributed by atoms with E-state index in [1.54, 1.807) is 11.0 Å². The van der Waals surface area contributed by atoms with Crippen molar-refractivity contribution in [2.75, 3.05) is 39.3 Å². The Balaban J connectivity index is 1.83. The zero-order valence-corrected chi connectivity index (χ0v) is 17.0. The highest BCUT2D eigenvalue weighted by atomic mass is 19.4. The van der Waals surface area contributed by atoms with Gasteiger partial charge in [-0.3, -0.25) is 19.7 Å². The molecular formula is C21H25F3N4O2. The van der Waals surface area contributed by atoms with Gasteiger partial charge < -0.3 is 9.64 Å². The van der Waals surface area contributed by atoms with Crippen molar-refractivity contribution >= 4 is 5.91 Å². The molecule has 1 aromatic heterocycles. The summed E-state index contributed by atoms with van der Waals surface area (Å²) < 4.78 is 45.3. The minimum absolute atomic E-state index is 0.0397. The molecule has 0 unspecified atom stereocenters. The number of ether oxygens (including phenoxy) is 1. The highest BCUT2D eigenvalue weighted by molar-refractivity contribution is 5.78. The van der Waals surface area contributed by atoms with E-state index < -0.39 is 17.8 Å². The molecule has 2 aromatic rings. The van der Waals surface area contributed by atoms with E-state index in [9.17, 15) is 18.0 Å². The number of hydrogen-bond acceptors (Lipinski definition) is 5. The van der Waals surface area contributed by atoms with Crippen molar-refractivity contribution in [2.24, 2.45) is 0 Å². The van der Waals surface area contributed by atoms with Crippen LogP contribution >= 0.6 is 0 Å². The molecule has 0 N–H and O–H groups in total. The quantitative estimate of drug-likeness (QED) is 0.714. The van der Waals surface area contributed by atoms with Gasteiger partial charge >= 0.3 is 6.18 Å². The van der Waals surface area contributed by atoms with Crippen LogP contribution in [0.2, 0.25) is 0 Å². The molecule has 1 aliphatic heterocycles. The van der Waals surface area contributed by atoms with Crippen LogP contribution in [0.5, 0.6) is 0 Å². The third kappa shape index (κ3) is 5.14. The molecule has 3 rings (SSSR count). The minimum Gasteiger partial charge on any atom is -0.369 e. The summed E-state index contributed by atoms with van der Waals surface area (Å²) in [5.74, 6) is 0.0397. The van der Waals surface area contributed by atoms with E-state index in [1.165, 1.54) is 18.5 Å². The van der Waals surface area contributed by atoms with Crippen molar-refractivity contribution < 1.29 is 22.7 Å². The van der Waals surface area contributed by atoms with Gasteiger partial charge in [0, 0.05) is 44.1 Å². The highest BCUT2D eigenvalue weighted by Gasteiger charge is 2.32. The maximum Gasteiger partial charge on any atom is 0.416 e. The summed E-state index contributed by atoms with van der Waals surface area (Å²) in [5, 5.41) is 0.